The molecule has 0 aliphatic rings. The summed E-state index contributed by atoms with van der Waals surface area (Å²) in [6.45, 7) is 7.32. The quantitative estimate of drug-likeness (QED) is 0.324. The molecule has 0 radical (unpaired) electrons. The van der Waals surface area contributed by atoms with Crippen LogP contribution in [0.2, 0.25) is 0 Å². The number of carbonyl (C=O) groups is 1. The number of aromatic hydroxyl groups is 2. The Morgan fingerprint density at radius 3 is 1.69 bits per heavy atom. The molecule has 0 bridgehead atoms. The van der Waals surface area contributed by atoms with Gasteiger partial charge in [-0.2, -0.15) is 0 Å². The van der Waals surface area contributed by atoms with Crippen LogP contribution in [-0.4, -0.2) is 25.9 Å². The van der Waals surface area contributed by atoms with E-state index in [1.807, 2.05) is 0 Å². The third-order valence-corrected chi connectivity index (χ3v) is 5.98. The highest BCUT2D eigenvalue weighted by Gasteiger charge is 2.21. The minimum Gasteiger partial charge on any atom is -0.508 e. The summed E-state index contributed by atoms with van der Waals surface area (Å²) in [5.74, 6) is -0.612. The summed E-state index contributed by atoms with van der Waals surface area (Å²) in [4.78, 5) is 13.2. The number of aliphatic carboxylic acids is 1. The minimum atomic E-state index is -0.948. The SMILES string of the molecule is C=CCc1cc(SC(Sc2ccc(O)c(CC=C)c2)C(=O)O)ccc1O. The summed E-state index contributed by atoms with van der Waals surface area (Å²) in [7, 11) is 0. The minimum absolute atomic E-state index is 0.168. The highest BCUT2D eigenvalue weighted by molar-refractivity contribution is 8.18. The molecule has 2 aromatic carbocycles. The standard InChI is InChI=1S/C20H20O4S2/c1-3-5-13-11-15(7-9-17(13)21)25-20(19(23)24)26-16-8-10-18(22)14(12-16)6-4-2/h3-4,7-12,20-22H,1-2,5-6H2,(H,23,24). The van der Waals surface area contributed by atoms with Crippen molar-refractivity contribution in [1.29, 1.82) is 0 Å². The number of thioether (sulfide) groups is 2. The molecule has 0 heterocycles. The van der Waals surface area contributed by atoms with Gasteiger partial charge in [0.1, 0.15) is 11.5 Å². The van der Waals surface area contributed by atoms with Gasteiger partial charge in [-0.3, -0.25) is 4.79 Å². The molecule has 6 heteroatoms. The highest BCUT2D eigenvalue weighted by Crippen LogP contribution is 2.38. The summed E-state index contributed by atoms with van der Waals surface area (Å²) in [5, 5.41) is 29.3. The molecule has 0 spiro atoms. The van der Waals surface area contributed by atoms with Crippen molar-refractivity contribution in [2.75, 3.05) is 0 Å². The van der Waals surface area contributed by atoms with E-state index in [9.17, 15) is 20.1 Å². The van der Waals surface area contributed by atoms with Gasteiger partial charge in [-0.1, -0.05) is 35.7 Å². The monoisotopic (exact) mass is 388 g/mol. The van der Waals surface area contributed by atoms with Crippen LogP contribution in [-0.2, 0) is 17.6 Å². The normalized spacial score (nSPS) is 10.7. The molecule has 0 aliphatic carbocycles. The Labute approximate surface area is 161 Å². The molecule has 0 aliphatic heterocycles. The van der Waals surface area contributed by atoms with Gasteiger partial charge >= 0.3 is 5.97 Å². The van der Waals surface area contributed by atoms with Crippen molar-refractivity contribution >= 4 is 29.5 Å². The van der Waals surface area contributed by atoms with Crippen molar-refractivity contribution < 1.29 is 20.1 Å². The molecule has 2 aromatic rings. The topological polar surface area (TPSA) is 77.8 Å². The van der Waals surface area contributed by atoms with Gasteiger partial charge in [0.2, 0.25) is 0 Å². The molecular weight excluding hydrogens is 368 g/mol. The van der Waals surface area contributed by atoms with E-state index in [2.05, 4.69) is 13.2 Å². The van der Waals surface area contributed by atoms with E-state index in [-0.39, 0.29) is 11.5 Å². The predicted molar refractivity (Wildman–Crippen MR) is 107 cm³/mol. The van der Waals surface area contributed by atoms with Crippen LogP contribution in [0.3, 0.4) is 0 Å². The maximum atomic E-state index is 11.7. The van der Waals surface area contributed by atoms with Gasteiger partial charge in [-0.05, 0) is 60.4 Å². The molecule has 4 nitrogen and oxygen atoms in total. The lowest BCUT2D eigenvalue weighted by molar-refractivity contribution is -0.134. The third kappa shape index (κ3) is 5.34. The molecule has 0 aromatic heterocycles. The maximum absolute atomic E-state index is 11.7. The fraction of sp³-hybridized carbons (Fsp3) is 0.150. The number of rotatable bonds is 9. The highest BCUT2D eigenvalue weighted by atomic mass is 32.2. The second kappa shape index (κ2) is 9.40. The number of carboxylic acid groups (broad SMARTS) is 1. The Balaban J connectivity index is 2.21. The van der Waals surface area contributed by atoms with Gasteiger partial charge in [0, 0.05) is 9.79 Å². The van der Waals surface area contributed by atoms with Crippen LogP contribution in [0.1, 0.15) is 11.1 Å². The molecule has 0 saturated carbocycles. The van der Waals surface area contributed by atoms with E-state index < -0.39 is 10.6 Å². The molecule has 2 rings (SSSR count). The zero-order valence-corrected chi connectivity index (χ0v) is 15.7. The number of allylic oxidation sites excluding steroid dienone is 2. The summed E-state index contributed by atoms with van der Waals surface area (Å²) < 4.78 is -0.766. The van der Waals surface area contributed by atoms with E-state index in [0.717, 1.165) is 9.79 Å². The van der Waals surface area contributed by atoms with Crippen LogP contribution >= 0.6 is 23.5 Å². The number of hydrogen-bond donors (Lipinski definition) is 3. The van der Waals surface area contributed by atoms with Crippen molar-refractivity contribution in [3.63, 3.8) is 0 Å². The van der Waals surface area contributed by atoms with Crippen molar-refractivity contribution in [1.82, 2.24) is 0 Å². The summed E-state index contributed by atoms with van der Waals surface area (Å²) in [6, 6.07) is 10.1. The van der Waals surface area contributed by atoms with Gasteiger partial charge in [0.15, 0.2) is 4.58 Å². The summed E-state index contributed by atoms with van der Waals surface area (Å²) >= 11 is 2.40. The Hall–Kier alpha value is -2.31. The fourth-order valence-electron chi connectivity index (χ4n) is 2.28. The van der Waals surface area contributed by atoms with Crippen molar-refractivity contribution in [3.05, 3.63) is 72.8 Å². The molecule has 0 unspecified atom stereocenters. The van der Waals surface area contributed by atoms with Gasteiger partial charge in [-0.25, -0.2) is 0 Å². The smallest absolute Gasteiger partial charge is 0.327 e. The fourth-order valence-corrected chi connectivity index (χ4v) is 4.55. The number of benzene rings is 2. The lowest BCUT2D eigenvalue weighted by Gasteiger charge is -2.14. The van der Waals surface area contributed by atoms with E-state index >= 15 is 0 Å². The first-order valence-electron chi connectivity index (χ1n) is 7.86. The van der Waals surface area contributed by atoms with Crippen LogP contribution < -0.4 is 0 Å². The molecule has 0 atom stereocenters. The van der Waals surface area contributed by atoms with Crippen molar-refractivity contribution in [2.24, 2.45) is 0 Å². The van der Waals surface area contributed by atoms with Crippen LogP contribution in [0.25, 0.3) is 0 Å². The molecule has 3 N–H and O–H groups in total. The zero-order valence-electron chi connectivity index (χ0n) is 14.1. The molecule has 0 fully saturated rings. The number of phenolic OH excluding ortho intramolecular Hbond substituents is 2. The van der Waals surface area contributed by atoms with Crippen LogP contribution in [0.4, 0.5) is 0 Å². The third-order valence-electron chi connectivity index (χ3n) is 3.52. The van der Waals surface area contributed by atoms with Gasteiger partial charge in [-0.15, -0.1) is 13.2 Å². The molecule has 136 valence electrons. The van der Waals surface area contributed by atoms with E-state index in [1.54, 1.807) is 48.6 Å². The van der Waals surface area contributed by atoms with Gasteiger partial charge in [0.05, 0.1) is 0 Å². The van der Waals surface area contributed by atoms with E-state index in [4.69, 9.17) is 0 Å². The average molecular weight is 389 g/mol. The molecule has 0 amide bonds. The second-order valence-electron chi connectivity index (χ2n) is 5.47. The first-order chi connectivity index (χ1) is 12.4. The van der Waals surface area contributed by atoms with Gasteiger partial charge < -0.3 is 15.3 Å². The summed E-state index contributed by atoms with van der Waals surface area (Å²) in [5.41, 5.74) is 1.41. The lowest BCUT2D eigenvalue weighted by Crippen LogP contribution is -2.12. The molecule has 0 saturated heterocycles. The maximum Gasteiger partial charge on any atom is 0.327 e. The first-order valence-corrected chi connectivity index (χ1v) is 9.62. The number of hydrogen-bond acceptors (Lipinski definition) is 5. The predicted octanol–water partition coefficient (Wildman–Crippen LogP) is 4.85. The Morgan fingerprint density at radius 2 is 1.35 bits per heavy atom. The first kappa shape index (κ1) is 20.0. The van der Waals surface area contributed by atoms with Crippen LogP contribution in [0.5, 0.6) is 11.5 Å². The van der Waals surface area contributed by atoms with Crippen molar-refractivity contribution in [2.45, 2.75) is 27.2 Å². The van der Waals surface area contributed by atoms with Crippen molar-refractivity contribution in [3.8, 4) is 11.5 Å². The Morgan fingerprint density at radius 1 is 0.923 bits per heavy atom. The summed E-state index contributed by atoms with van der Waals surface area (Å²) in [6.07, 6.45) is 4.39. The molecular formula is C20H20O4S2. The zero-order chi connectivity index (χ0) is 19.1. The van der Waals surface area contributed by atoms with Crippen LogP contribution in [0, 0.1) is 0 Å². The number of phenols is 2. The van der Waals surface area contributed by atoms with E-state index in [0.29, 0.717) is 24.0 Å². The molecule has 26 heavy (non-hydrogen) atoms. The Kier molecular flexibility index (Phi) is 7.24. The second-order valence-corrected chi connectivity index (χ2v) is 8.13. The lowest BCUT2D eigenvalue weighted by atomic mass is 10.1. The van der Waals surface area contributed by atoms with Crippen LogP contribution in [0.15, 0.2) is 71.5 Å². The van der Waals surface area contributed by atoms with Gasteiger partial charge in [0.25, 0.3) is 0 Å². The van der Waals surface area contributed by atoms with E-state index in [1.165, 1.54) is 23.5 Å². The number of carboxylic acids is 1. The Bertz CT molecular complexity index is 756. The largest absolute Gasteiger partial charge is 0.508 e. The average Bonchev–Trinajstić information content (AvgIpc) is 2.60.